The van der Waals surface area contributed by atoms with Crippen LogP contribution >= 0.6 is 0 Å². The second-order valence-corrected chi connectivity index (χ2v) is 12.0. The molecule has 3 aromatic rings. The lowest BCUT2D eigenvalue weighted by Gasteiger charge is -2.27. The summed E-state index contributed by atoms with van der Waals surface area (Å²) < 4.78 is 57.2. The lowest BCUT2D eigenvalue weighted by molar-refractivity contribution is -0.122. The van der Waals surface area contributed by atoms with E-state index in [0.29, 0.717) is 40.0 Å². The average Bonchev–Trinajstić information content (AvgIpc) is 3.41. The fourth-order valence-electron chi connectivity index (χ4n) is 5.55. The monoisotopic (exact) mass is 626 g/mol. The van der Waals surface area contributed by atoms with Gasteiger partial charge < -0.3 is 33.5 Å². The Morgan fingerprint density at radius 3 is 2.07 bits per heavy atom. The maximum absolute atomic E-state index is 14.3. The summed E-state index contributed by atoms with van der Waals surface area (Å²) in [4.78, 5) is 31.1. The van der Waals surface area contributed by atoms with E-state index in [1.165, 1.54) is 38.2 Å². The number of anilines is 1. The van der Waals surface area contributed by atoms with E-state index < -0.39 is 34.1 Å². The van der Waals surface area contributed by atoms with Gasteiger partial charge in [-0.05, 0) is 29.3 Å². The van der Waals surface area contributed by atoms with Gasteiger partial charge >= 0.3 is 0 Å². The van der Waals surface area contributed by atoms with Gasteiger partial charge in [0.2, 0.25) is 11.7 Å². The van der Waals surface area contributed by atoms with Gasteiger partial charge in [0.15, 0.2) is 23.0 Å². The Labute approximate surface area is 256 Å². The summed E-state index contributed by atoms with van der Waals surface area (Å²) in [6, 6.07) is 15.2. The van der Waals surface area contributed by atoms with Crippen molar-refractivity contribution in [1.82, 2.24) is 4.90 Å². The predicted molar refractivity (Wildman–Crippen MR) is 160 cm³/mol. The van der Waals surface area contributed by atoms with Crippen LogP contribution in [-0.2, 0) is 32.2 Å². The number of methoxy groups -OCH3 is 4. The molecule has 44 heavy (non-hydrogen) atoms. The Hall–Kier alpha value is -4.49. The molecule has 3 aromatic carbocycles. The molecule has 0 N–H and O–H groups in total. The van der Waals surface area contributed by atoms with Crippen LogP contribution in [0.1, 0.15) is 27.9 Å². The van der Waals surface area contributed by atoms with Crippen LogP contribution in [0, 0.1) is 0 Å². The van der Waals surface area contributed by atoms with Crippen molar-refractivity contribution in [3.8, 4) is 28.7 Å². The third-order valence-electron chi connectivity index (χ3n) is 7.49. The minimum absolute atomic E-state index is 0.00584. The fourth-order valence-corrected chi connectivity index (χ4v) is 6.18. The van der Waals surface area contributed by atoms with Crippen molar-refractivity contribution in [3.05, 3.63) is 71.3 Å². The molecule has 1 fully saturated rings. The molecule has 0 spiro atoms. The van der Waals surface area contributed by atoms with Gasteiger partial charge in [0.25, 0.3) is 16.0 Å². The number of nitrogens with zero attached hydrogens (tertiary/aromatic N) is 2. The Balaban J connectivity index is 1.61. The van der Waals surface area contributed by atoms with Gasteiger partial charge in [-0.1, -0.05) is 30.3 Å². The molecule has 0 aromatic heterocycles. The van der Waals surface area contributed by atoms with Crippen LogP contribution < -0.4 is 28.6 Å². The van der Waals surface area contributed by atoms with Crippen molar-refractivity contribution in [3.63, 3.8) is 0 Å². The molecule has 1 saturated heterocycles. The highest BCUT2D eigenvalue weighted by Gasteiger charge is 2.47. The smallest absolute Gasteiger partial charge is 0.264 e. The maximum Gasteiger partial charge on any atom is 0.264 e. The topological polar surface area (TPSA) is 130 Å². The number of amides is 2. The molecule has 2 amide bonds. The summed E-state index contributed by atoms with van der Waals surface area (Å²) in [7, 11) is 2.12. The molecule has 0 radical (unpaired) electrons. The number of benzene rings is 3. The number of carbonyl (C=O) groups excluding carboxylic acids is 2. The molecule has 2 aliphatic rings. The van der Waals surface area contributed by atoms with Crippen LogP contribution in [0.3, 0.4) is 0 Å². The van der Waals surface area contributed by atoms with Crippen LogP contribution in [0.15, 0.2) is 54.6 Å². The summed E-state index contributed by atoms with van der Waals surface area (Å²) in [6.45, 7) is 0.167. The van der Waals surface area contributed by atoms with Gasteiger partial charge in [0.1, 0.15) is 12.6 Å². The first kappa shape index (κ1) is 31.0. The average molecular weight is 627 g/mol. The van der Waals surface area contributed by atoms with E-state index in [9.17, 15) is 18.0 Å². The standard InChI is InChI=1S/C31H34N2O10S/c1-38-25-14-22-23(15-26(25)42-18-19-9-7-6-8-10-19)32(16-20-11-27(39-2)29(41-4)28(12-20)40-3)31(35)24-13-21(43-44(5,36)37)17-33(24)30(22)34/h6-12,14-15,21,24H,13,16-18H2,1-5H3/t21-,24+/m1/s1. The number of rotatable bonds is 11. The molecule has 5 rings (SSSR count). The van der Waals surface area contributed by atoms with Crippen LogP contribution in [-0.4, -0.2) is 78.5 Å². The van der Waals surface area contributed by atoms with Gasteiger partial charge in [0, 0.05) is 19.0 Å². The number of hydrogen-bond donors (Lipinski definition) is 0. The van der Waals surface area contributed by atoms with Gasteiger partial charge in [-0.3, -0.25) is 13.8 Å². The van der Waals surface area contributed by atoms with Crippen molar-refractivity contribution >= 4 is 27.6 Å². The molecule has 12 nitrogen and oxygen atoms in total. The van der Waals surface area contributed by atoms with E-state index in [1.807, 2.05) is 30.3 Å². The zero-order chi connectivity index (χ0) is 31.6. The highest BCUT2D eigenvalue weighted by molar-refractivity contribution is 7.86. The fraction of sp³-hybridized carbons (Fsp3) is 0.355. The number of ether oxygens (including phenoxy) is 5. The first-order chi connectivity index (χ1) is 21.1. The van der Waals surface area contributed by atoms with Crippen molar-refractivity contribution in [2.24, 2.45) is 0 Å². The van der Waals surface area contributed by atoms with Gasteiger partial charge in [-0.15, -0.1) is 0 Å². The van der Waals surface area contributed by atoms with Gasteiger partial charge in [-0.25, -0.2) is 0 Å². The molecule has 0 unspecified atom stereocenters. The first-order valence-electron chi connectivity index (χ1n) is 13.7. The molecule has 0 aliphatic carbocycles. The highest BCUT2D eigenvalue weighted by atomic mass is 32.2. The highest BCUT2D eigenvalue weighted by Crippen LogP contribution is 2.43. The molecular weight excluding hydrogens is 592 g/mol. The van der Waals surface area contributed by atoms with Crippen molar-refractivity contribution in [2.75, 3.05) is 46.1 Å². The van der Waals surface area contributed by atoms with Crippen molar-refractivity contribution < 1.29 is 45.9 Å². The predicted octanol–water partition coefficient (Wildman–Crippen LogP) is 3.41. The molecule has 0 bridgehead atoms. The molecule has 0 saturated carbocycles. The molecule has 2 aliphatic heterocycles. The molecule has 2 atom stereocenters. The van der Waals surface area contributed by atoms with Crippen molar-refractivity contribution in [2.45, 2.75) is 31.7 Å². The Bertz CT molecular complexity index is 1640. The quantitative estimate of drug-likeness (QED) is 0.292. The Kier molecular flexibility index (Phi) is 8.88. The van der Waals surface area contributed by atoms with Crippen LogP contribution in [0.4, 0.5) is 5.69 Å². The zero-order valence-corrected chi connectivity index (χ0v) is 25.9. The summed E-state index contributed by atoms with van der Waals surface area (Å²) in [5.41, 5.74) is 2.05. The van der Waals surface area contributed by atoms with E-state index in [2.05, 4.69) is 0 Å². The largest absolute Gasteiger partial charge is 0.493 e. The second kappa shape index (κ2) is 12.6. The van der Waals surface area contributed by atoms with E-state index in [4.69, 9.17) is 27.9 Å². The van der Waals surface area contributed by atoms with E-state index in [-0.39, 0.29) is 31.7 Å². The zero-order valence-electron chi connectivity index (χ0n) is 25.1. The van der Waals surface area contributed by atoms with Gasteiger partial charge in [-0.2, -0.15) is 8.42 Å². The number of hydrogen-bond acceptors (Lipinski definition) is 10. The lowest BCUT2D eigenvalue weighted by Crippen LogP contribution is -2.44. The summed E-state index contributed by atoms with van der Waals surface area (Å²) >= 11 is 0. The lowest BCUT2D eigenvalue weighted by atomic mass is 10.1. The number of fused-ring (bicyclic) bond motifs is 2. The third-order valence-corrected chi connectivity index (χ3v) is 8.11. The second-order valence-electron chi connectivity index (χ2n) is 10.4. The molecule has 2 heterocycles. The molecular formula is C31H34N2O10S. The van der Waals surface area contributed by atoms with E-state index in [0.717, 1.165) is 11.8 Å². The number of carbonyl (C=O) groups is 2. The van der Waals surface area contributed by atoms with Crippen LogP contribution in [0.5, 0.6) is 28.7 Å². The maximum atomic E-state index is 14.3. The normalized spacial score (nSPS) is 17.9. The van der Waals surface area contributed by atoms with Gasteiger partial charge in [0.05, 0.1) is 58.6 Å². The van der Waals surface area contributed by atoms with Crippen LogP contribution in [0.2, 0.25) is 0 Å². The SMILES string of the molecule is COc1cc2c(cc1OCc1ccccc1)N(Cc1cc(OC)c(OC)c(OC)c1)C(=O)[C@@H]1C[C@@H](OS(C)(=O)=O)CN1C2=O. The third kappa shape index (κ3) is 6.24. The Morgan fingerprint density at radius 1 is 0.818 bits per heavy atom. The summed E-state index contributed by atoms with van der Waals surface area (Å²) in [6.07, 6.45) is 0.0720. The van der Waals surface area contributed by atoms with E-state index in [1.54, 1.807) is 24.3 Å². The molecule has 234 valence electrons. The Morgan fingerprint density at radius 2 is 1.48 bits per heavy atom. The van der Waals surface area contributed by atoms with Crippen molar-refractivity contribution in [1.29, 1.82) is 0 Å². The first-order valence-corrected chi connectivity index (χ1v) is 15.6. The minimum atomic E-state index is -3.82. The molecule has 13 heteroatoms. The minimum Gasteiger partial charge on any atom is -0.493 e. The summed E-state index contributed by atoms with van der Waals surface area (Å²) in [5.74, 6) is 0.946. The van der Waals surface area contributed by atoms with Crippen LogP contribution in [0.25, 0.3) is 0 Å². The van der Waals surface area contributed by atoms with E-state index >= 15 is 0 Å². The summed E-state index contributed by atoms with van der Waals surface area (Å²) in [5, 5.41) is 0.